The van der Waals surface area contributed by atoms with Gasteiger partial charge in [-0.15, -0.1) is 4.91 Å². The first-order chi connectivity index (χ1) is 5.76. The van der Waals surface area contributed by atoms with Gasteiger partial charge in [0.05, 0.1) is 5.29 Å². The molecule has 6 heteroatoms. The van der Waals surface area contributed by atoms with Gasteiger partial charge in [0.1, 0.15) is 0 Å². The van der Waals surface area contributed by atoms with Gasteiger partial charge >= 0.3 is 0 Å². The van der Waals surface area contributed by atoms with Gasteiger partial charge in [0.15, 0.2) is 0 Å². The van der Waals surface area contributed by atoms with Gasteiger partial charge in [-0.25, -0.2) is 5.01 Å². The van der Waals surface area contributed by atoms with Crippen molar-refractivity contribution in [3.8, 4) is 0 Å². The van der Waals surface area contributed by atoms with Crippen molar-refractivity contribution in [3.05, 3.63) is 10.1 Å². The Bertz CT molecular complexity index is 122. The maximum Gasteiger partial charge on any atom is 0.0579 e. The van der Waals surface area contributed by atoms with Crippen LogP contribution in [0.25, 0.3) is 0 Å². The average molecular weight is 175 g/mol. The Morgan fingerprint density at radius 3 is 2.58 bits per heavy atom. The third kappa shape index (κ3) is 4.22. The molecule has 0 saturated heterocycles. The zero-order chi connectivity index (χ0) is 9.40. The predicted molar refractivity (Wildman–Crippen MR) is 46.8 cm³/mol. The van der Waals surface area contributed by atoms with E-state index >= 15 is 0 Å². The minimum atomic E-state index is 0.0807. The van der Waals surface area contributed by atoms with Gasteiger partial charge in [-0.05, 0) is 6.54 Å². The van der Waals surface area contributed by atoms with Crippen molar-refractivity contribution in [2.45, 2.75) is 13.8 Å². The van der Waals surface area contributed by atoms with Crippen LogP contribution in [0.5, 0.6) is 0 Å². The molecule has 0 aliphatic carbocycles. The lowest BCUT2D eigenvalue weighted by Gasteiger charge is -2.32. The van der Waals surface area contributed by atoms with Crippen LogP contribution in [-0.2, 0) is 0 Å². The van der Waals surface area contributed by atoms with Crippen LogP contribution in [0.4, 0.5) is 0 Å². The summed E-state index contributed by atoms with van der Waals surface area (Å²) in [5, 5.41) is 17.4. The Morgan fingerprint density at radius 2 is 2.17 bits per heavy atom. The molecule has 0 amide bonds. The second-order valence-corrected chi connectivity index (χ2v) is 2.23. The Morgan fingerprint density at radius 1 is 1.50 bits per heavy atom. The van der Waals surface area contributed by atoms with E-state index in [0.717, 1.165) is 6.54 Å². The van der Waals surface area contributed by atoms with E-state index in [2.05, 4.69) is 10.6 Å². The van der Waals surface area contributed by atoms with Gasteiger partial charge in [-0.1, -0.05) is 13.8 Å². The summed E-state index contributed by atoms with van der Waals surface area (Å²) in [6.07, 6.45) is 0. The van der Waals surface area contributed by atoms with Crippen molar-refractivity contribution in [2.24, 2.45) is 5.29 Å². The van der Waals surface area contributed by atoms with E-state index in [0.29, 0.717) is 19.6 Å². The smallest absolute Gasteiger partial charge is 0.0579 e. The van der Waals surface area contributed by atoms with Crippen LogP contribution in [-0.4, -0.2) is 36.5 Å². The van der Waals surface area contributed by atoms with E-state index in [4.69, 9.17) is 0 Å². The van der Waals surface area contributed by atoms with Crippen LogP contribution >= 0.6 is 0 Å². The number of hydrazine groups is 1. The summed E-state index contributed by atoms with van der Waals surface area (Å²) in [5.74, 6) is 0. The molecule has 0 spiro atoms. The van der Waals surface area contributed by atoms with Gasteiger partial charge in [0, 0.05) is 19.6 Å². The molecule has 0 saturated carbocycles. The van der Waals surface area contributed by atoms with Gasteiger partial charge in [0.25, 0.3) is 0 Å². The maximum atomic E-state index is 10.7. The molecule has 0 aliphatic rings. The quantitative estimate of drug-likeness (QED) is 0.342. The fourth-order valence-corrected chi connectivity index (χ4v) is 0.801. The minimum Gasteiger partial charge on any atom is -0.724 e. The summed E-state index contributed by atoms with van der Waals surface area (Å²) < 4.78 is 0. The number of nitroso groups, excluding NO2 is 1. The fraction of sp³-hybridized carbons (Fsp3) is 1.00. The largest absolute Gasteiger partial charge is 0.724 e. The van der Waals surface area contributed by atoms with Crippen molar-refractivity contribution in [3.63, 3.8) is 0 Å². The topological polar surface area (TPSA) is 71.0 Å². The number of likely N-dealkylation sites (N-methyl/N-ethyl adjacent to an activating group) is 2. The molecule has 6 nitrogen and oxygen atoms in total. The van der Waals surface area contributed by atoms with E-state index < -0.39 is 0 Å². The van der Waals surface area contributed by atoms with E-state index in [1.807, 2.05) is 6.92 Å². The molecule has 0 aliphatic heterocycles. The maximum absolute atomic E-state index is 10.7. The molecule has 0 aromatic carbocycles. The third-order valence-electron chi connectivity index (χ3n) is 1.47. The van der Waals surface area contributed by atoms with Crippen molar-refractivity contribution in [2.75, 3.05) is 26.2 Å². The molecule has 0 atom stereocenters. The molecule has 12 heavy (non-hydrogen) atoms. The first-order valence-electron chi connectivity index (χ1n) is 4.02. The van der Waals surface area contributed by atoms with Crippen LogP contribution in [0.1, 0.15) is 13.8 Å². The molecule has 0 bridgehead atoms. The molecule has 0 aromatic heterocycles. The van der Waals surface area contributed by atoms with Gasteiger partial charge in [0.2, 0.25) is 0 Å². The fourth-order valence-electron chi connectivity index (χ4n) is 0.801. The summed E-state index contributed by atoms with van der Waals surface area (Å²) in [4.78, 5) is 9.84. The predicted octanol–water partition coefficient (Wildman–Crippen LogP) is 0.314. The Kier molecular flexibility index (Phi) is 6.54. The highest BCUT2D eigenvalue weighted by Crippen LogP contribution is 1.94. The van der Waals surface area contributed by atoms with E-state index in [1.54, 1.807) is 6.92 Å². The SMILES string of the molecule is CCNCCN(CC)N([O-])N=O. The van der Waals surface area contributed by atoms with Gasteiger partial charge in [-0.2, -0.15) is 0 Å². The number of rotatable bonds is 7. The molecule has 0 radical (unpaired) electrons. The zero-order valence-electron chi connectivity index (χ0n) is 7.49. The molecule has 0 rings (SSSR count). The second-order valence-electron chi connectivity index (χ2n) is 2.23. The van der Waals surface area contributed by atoms with Crippen molar-refractivity contribution >= 4 is 0 Å². The number of nitrogens with zero attached hydrogens (tertiary/aromatic N) is 3. The Labute approximate surface area is 72.0 Å². The lowest BCUT2D eigenvalue weighted by molar-refractivity contribution is 0.0291. The second kappa shape index (κ2) is 6.96. The summed E-state index contributed by atoms with van der Waals surface area (Å²) >= 11 is 0. The Balaban J connectivity index is 3.59. The van der Waals surface area contributed by atoms with Gasteiger partial charge < -0.3 is 10.5 Å². The van der Waals surface area contributed by atoms with Crippen LogP contribution in [0.3, 0.4) is 0 Å². The van der Waals surface area contributed by atoms with E-state index in [9.17, 15) is 10.1 Å². The van der Waals surface area contributed by atoms with Crippen molar-refractivity contribution in [1.29, 1.82) is 0 Å². The molecular formula is C6H15N4O2-. The Hall–Kier alpha value is -0.720. The first-order valence-corrected chi connectivity index (χ1v) is 4.02. The highest BCUT2D eigenvalue weighted by Gasteiger charge is 2.01. The van der Waals surface area contributed by atoms with Crippen molar-refractivity contribution < 1.29 is 0 Å². The lowest BCUT2D eigenvalue weighted by Crippen LogP contribution is -2.39. The molecule has 72 valence electrons. The van der Waals surface area contributed by atoms with Crippen LogP contribution in [0, 0.1) is 10.1 Å². The minimum absolute atomic E-state index is 0.0807. The van der Waals surface area contributed by atoms with Crippen LogP contribution in [0.2, 0.25) is 0 Å². The third-order valence-corrected chi connectivity index (χ3v) is 1.47. The average Bonchev–Trinajstić information content (AvgIpc) is 2.11. The van der Waals surface area contributed by atoms with E-state index in [1.165, 1.54) is 5.01 Å². The van der Waals surface area contributed by atoms with Gasteiger partial charge in [-0.3, -0.25) is 5.28 Å². The summed E-state index contributed by atoms with van der Waals surface area (Å²) in [5.41, 5.74) is 0. The lowest BCUT2D eigenvalue weighted by atomic mass is 10.5. The molecule has 0 heterocycles. The van der Waals surface area contributed by atoms with E-state index in [-0.39, 0.29) is 5.28 Å². The highest BCUT2D eigenvalue weighted by atomic mass is 16.6. The number of nitrogens with one attached hydrogen (secondary N) is 1. The molecule has 0 unspecified atom stereocenters. The standard InChI is InChI=1S/C6H15N4O2/c1-3-7-5-6-9(4-2)10(12)8-11/h7H,3-6H2,1-2H3/q-1. The molecular weight excluding hydrogens is 160 g/mol. The highest BCUT2D eigenvalue weighted by molar-refractivity contribution is 4.54. The summed E-state index contributed by atoms with van der Waals surface area (Å²) in [6, 6.07) is 0. The number of hydrogen-bond donors (Lipinski definition) is 1. The zero-order valence-corrected chi connectivity index (χ0v) is 7.49. The summed E-state index contributed by atoms with van der Waals surface area (Å²) in [6.45, 7) is 6.29. The molecule has 0 aromatic rings. The monoisotopic (exact) mass is 175 g/mol. The van der Waals surface area contributed by atoms with Crippen LogP contribution < -0.4 is 5.32 Å². The molecule has 0 fully saturated rings. The normalized spacial score (nSPS) is 10.3. The van der Waals surface area contributed by atoms with Crippen molar-refractivity contribution in [1.82, 2.24) is 15.6 Å². The number of hydrogen-bond acceptors (Lipinski definition) is 5. The van der Waals surface area contributed by atoms with Crippen LogP contribution in [0.15, 0.2) is 5.29 Å². The molecule has 1 N–H and O–H groups in total. The summed E-state index contributed by atoms with van der Waals surface area (Å²) in [7, 11) is 0. The first kappa shape index (κ1) is 11.3.